The minimum atomic E-state index is -1.46. The van der Waals surface area contributed by atoms with Crippen LogP contribution in [0.2, 0.25) is 0 Å². The zero-order valence-electron chi connectivity index (χ0n) is 25.7. The number of nitrogens with two attached hydrogens (primary N) is 1. The molecular weight excluding hydrogens is 602 g/mol. The van der Waals surface area contributed by atoms with Crippen LogP contribution in [0.4, 0.5) is 9.59 Å². The molecule has 8 amide bonds. The van der Waals surface area contributed by atoms with Crippen molar-refractivity contribution in [2.45, 2.75) is 64.3 Å². The first-order chi connectivity index (χ1) is 21.8. The summed E-state index contributed by atoms with van der Waals surface area (Å²) in [7, 11) is 1.06. The third-order valence-electron chi connectivity index (χ3n) is 6.76. The van der Waals surface area contributed by atoms with Crippen molar-refractivity contribution in [2.24, 2.45) is 5.73 Å². The summed E-state index contributed by atoms with van der Waals surface area (Å²) in [5, 5.41) is 10.7. The second-order valence-electron chi connectivity index (χ2n) is 10.4. The Labute approximate surface area is 264 Å². The van der Waals surface area contributed by atoms with Gasteiger partial charge in [-0.1, -0.05) is 60.7 Å². The molecule has 0 bridgehead atoms. The van der Waals surface area contributed by atoms with Crippen LogP contribution in [-0.2, 0) is 46.6 Å². The summed E-state index contributed by atoms with van der Waals surface area (Å²) in [4.78, 5) is 87.9. The maximum atomic E-state index is 13.0. The Hall–Kier alpha value is -5.51. The number of epoxide rings is 1. The Morgan fingerprint density at radius 2 is 1.35 bits per heavy atom. The Kier molecular flexibility index (Phi) is 12.2. The highest BCUT2D eigenvalue weighted by Gasteiger charge is 2.54. The quantitative estimate of drug-likeness (QED) is 0.151. The molecule has 16 nitrogen and oxygen atoms in total. The lowest BCUT2D eigenvalue weighted by Crippen LogP contribution is -2.59. The van der Waals surface area contributed by atoms with Crippen LogP contribution in [0.15, 0.2) is 60.7 Å². The number of carbonyl (C=O) groups excluding carboxylic acids is 7. The van der Waals surface area contributed by atoms with Crippen molar-refractivity contribution in [3.63, 3.8) is 0 Å². The molecule has 0 spiro atoms. The molecule has 3 rings (SSSR count). The Morgan fingerprint density at radius 3 is 1.93 bits per heavy atom. The predicted octanol–water partition coefficient (Wildman–Crippen LogP) is -0.325. The fraction of sp³-hybridized carbons (Fsp3) is 0.367. The zero-order chi connectivity index (χ0) is 34.0. The van der Waals surface area contributed by atoms with Crippen molar-refractivity contribution in [1.82, 2.24) is 31.3 Å². The van der Waals surface area contributed by atoms with Crippen molar-refractivity contribution in [2.75, 3.05) is 7.05 Å². The van der Waals surface area contributed by atoms with Gasteiger partial charge < -0.3 is 36.5 Å². The Bertz CT molecular complexity index is 1440. The summed E-state index contributed by atoms with van der Waals surface area (Å²) >= 11 is 0. The van der Waals surface area contributed by atoms with Crippen LogP contribution in [0.3, 0.4) is 0 Å². The van der Waals surface area contributed by atoms with Crippen molar-refractivity contribution in [3.05, 3.63) is 71.8 Å². The van der Waals surface area contributed by atoms with E-state index >= 15 is 0 Å². The number of likely N-dealkylation sites (N-methyl/N-ethyl adjacent to an activating group) is 1. The molecular formula is C30H37N7O9. The van der Waals surface area contributed by atoms with Crippen LogP contribution < -0.4 is 27.0 Å². The monoisotopic (exact) mass is 639 g/mol. The van der Waals surface area contributed by atoms with E-state index in [9.17, 15) is 33.6 Å². The number of primary amides is 1. The van der Waals surface area contributed by atoms with E-state index in [1.54, 1.807) is 24.3 Å². The lowest BCUT2D eigenvalue weighted by atomic mass is 10.2. The summed E-state index contributed by atoms with van der Waals surface area (Å²) in [5.41, 5.74) is 6.95. The number of nitrogens with zero attached hydrogens (tertiary/aromatic N) is 2. The van der Waals surface area contributed by atoms with Crippen LogP contribution in [0, 0.1) is 0 Å². The molecule has 5 atom stereocenters. The Morgan fingerprint density at radius 1 is 0.783 bits per heavy atom. The van der Waals surface area contributed by atoms with E-state index < -0.39 is 72.0 Å². The third-order valence-corrected chi connectivity index (χ3v) is 6.76. The molecule has 1 unspecified atom stereocenters. The zero-order valence-corrected chi connectivity index (χ0v) is 25.7. The first-order valence-electron chi connectivity index (χ1n) is 14.3. The second-order valence-corrected chi connectivity index (χ2v) is 10.4. The van der Waals surface area contributed by atoms with Crippen LogP contribution >= 0.6 is 0 Å². The van der Waals surface area contributed by atoms with Crippen LogP contribution in [0.5, 0.6) is 0 Å². The predicted molar refractivity (Wildman–Crippen MR) is 161 cm³/mol. The van der Waals surface area contributed by atoms with Gasteiger partial charge in [0.05, 0.1) is 0 Å². The molecule has 0 aliphatic carbocycles. The van der Waals surface area contributed by atoms with Gasteiger partial charge in [0.1, 0.15) is 24.7 Å². The van der Waals surface area contributed by atoms with Crippen LogP contribution in [0.1, 0.15) is 31.9 Å². The average molecular weight is 640 g/mol. The number of hydrogen-bond acceptors (Lipinski definition) is 9. The lowest BCUT2D eigenvalue weighted by Gasteiger charge is -2.30. The summed E-state index contributed by atoms with van der Waals surface area (Å²) in [6.07, 6.45) is -3.66. The summed E-state index contributed by atoms with van der Waals surface area (Å²) < 4.78 is 10.2. The number of urea groups is 1. The smallest absolute Gasteiger partial charge is 0.408 e. The number of alkyl carbamates (subject to hydrolysis) is 1. The van der Waals surface area contributed by atoms with E-state index in [4.69, 9.17) is 15.2 Å². The highest BCUT2D eigenvalue weighted by atomic mass is 16.6. The Balaban J connectivity index is 1.48. The van der Waals surface area contributed by atoms with E-state index in [2.05, 4.69) is 21.3 Å². The molecule has 1 aliphatic rings. The van der Waals surface area contributed by atoms with E-state index in [0.29, 0.717) is 5.01 Å². The molecule has 246 valence electrons. The van der Waals surface area contributed by atoms with Gasteiger partial charge >= 0.3 is 12.1 Å². The largest absolute Gasteiger partial charge is 0.445 e. The summed E-state index contributed by atoms with van der Waals surface area (Å²) in [6.45, 7) is 4.31. The van der Waals surface area contributed by atoms with Gasteiger partial charge in [0.15, 0.2) is 12.2 Å². The standard InChI is InChI=1S/C30H37N7O9/c1-17(24(38)32-15-20-11-7-5-8-12-20)33-26(40)22-23(46-22)28(42)37(29(31)43)36(4)27(41)19(3)34-25(39)18(2)35-30(44)45-16-21-13-9-6-10-14-21/h5-14,17-19,22-23H,15-16H2,1-4H3,(H2,31,43)(H,32,38)(H,33,40)(H,34,39)(H,35,44)/t17?,18-,19-,22+,23+/m0/s1. The number of benzene rings is 2. The molecule has 1 fully saturated rings. The molecule has 1 aliphatic heterocycles. The average Bonchev–Trinajstić information content (AvgIpc) is 3.84. The summed E-state index contributed by atoms with van der Waals surface area (Å²) in [5.74, 6) is -4.06. The van der Waals surface area contributed by atoms with Gasteiger partial charge in [-0.05, 0) is 31.9 Å². The van der Waals surface area contributed by atoms with E-state index in [-0.39, 0.29) is 18.2 Å². The number of hydrazine groups is 1. The molecule has 16 heteroatoms. The molecule has 2 aromatic rings. The molecule has 1 heterocycles. The topological polar surface area (TPSA) is 222 Å². The van der Waals surface area contributed by atoms with Gasteiger partial charge in [0.2, 0.25) is 11.8 Å². The number of ether oxygens (including phenoxy) is 2. The fourth-order valence-electron chi connectivity index (χ4n) is 4.11. The number of carbonyl (C=O) groups is 7. The molecule has 0 aromatic heterocycles. The van der Waals surface area contributed by atoms with Crippen molar-refractivity contribution in [3.8, 4) is 0 Å². The van der Waals surface area contributed by atoms with Gasteiger partial charge in [0, 0.05) is 13.6 Å². The van der Waals surface area contributed by atoms with Gasteiger partial charge in [-0.2, -0.15) is 5.01 Å². The molecule has 6 N–H and O–H groups in total. The summed E-state index contributed by atoms with van der Waals surface area (Å²) in [6, 6.07) is 13.3. The van der Waals surface area contributed by atoms with E-state index in [1.165, 1.54) is 20.8 Å². The molecule has 0 saturated carbocycles. The number of imide groups is 1. The molecule has 1 saturated heterocycles. The maximum Gasteiger partial charge on any atom is 0.408 e. The first kappa shape index (κ1) is 35.0. The van der Waals surface area contributed by atoms with Crippen LogP contribution in [-0.4, -0.2) is 89.1 Å². The highest BCUT2D eigenvalue weighted by molar-refractivity contribution is 6.04. The molecule has 46 heavy (non-hydrogen) atoms. The van der Waals surface area contributed by atoms with Crippen molar-refractivity contribution in [1.29, 1.82) is 0 Å². The fourth-order valence-corrected chi connectivity index (χ4v) is 4.11. The number of nitrogens with one attached hydrogen (secondary N) is 4. The van der Waals surface area contributed by atoms with Crippen LogP contribution in [0.25, 0.3) is 0 Å². The molecule has 2 aromatic carbocycles. The SMILES string of the molecule is CC(NC(=O)[C@@H]1O[C@H]1C(=O)N(C(N)=O)N(C)C(=O)[C@H](C)NC(=O)[C@H](C)NC(=O)OCc1ccccc1)C(=O)NCc1ccccc1. The lowest BCUT2D eigenvalue weighted by molar-refractivity contribution is -0.156. The number of hydrogen-bond donors (Lipinski definition) is 5. The minimum Gasteiger partial charge on any atom is -0.445 e. The van der Waals surface area contributed by atoms with E-state index in [1.807, 2.05) is 36.4 Å². The number of rotatable bonds is 12. The molecule has 0 radical (unpaired) electrons. The maximum absolute atomic E-state index is 13.0. The van der Waals surface area contributed by atoms with Gasteiger partial charge in [-0.3, -0.25) is 24.0 Å². The van der Waals surface area contributed by atoms with Crippen molar-refractivity contribution < 1.29 is 43.0 Å². The second kappa shape index (κ2) is 16.0. The third kappa shape index (κ3) is 9.75. The van der Waals surface area contributed by atoms with Gasteiger partial charge in [0.25, 0.3) is 17.7 Å². The van der Waals surface area contributed by atoms with E-state index in [0.717, 1.165) is 18.2 Å². The van der Waals surface area contributed by atoms with Crippen molar-refractivity contribution >= 4 is 41.7 Å². The first-order valence-corrected chi connectivity index (χ1v) is 14.3. The number of amides is 8. The van der Waals surface area contributed by atoms with Gasteiger partial charge in [-0.15, -0.1) is 0 Å². The van der Waals surface area contributed by atoms with Gasteiger partial charge in [-0.25, -0.2) is 14.6 Å². The minimum absolute atomic E-state index is 0.0198. The highest BCUT2D eigenvalue weighted by Crippen LogP contribution is 2.25. The normalized spacial score (nSPS) is 16.8.